The number of ether oxygens (including phenoxy) is 1. The van der Waals surface area contributed by atoms with Gasteiger partial charge in [0.05, 0.1) is 11.5 Å². The molecular formula is C21H23ClN2O5. The van der Waals surface area contributed by atoms with Crippen molar-refractivity contribution < 1.29 is 19.2 Å². The number of hydrogen-bond donors (Lipinski definition) is 0. The molecule has 3 rings (SSSR count). The molecule has 0 radical (unpaired) electrons. The summed E-state index contributed by atoms with van der Waals surface area (Å²) in [5, 5.41) is 11.6. The number of aliphatic imine (C=N–C) groups is 1. The van der Waals surface area contributed by atoms with Crippen LogP contribution >= 0.6 is 11.6 Å². The highest BCUT2D eigenvalue weighted by Crippen LogP contribution is 2.46. The number of nitro benzene ring substituents is 1. The van der Waals surface area contributed by atoms with E-state index in [-0.39, 0.29) is 29.0 Å². The van der Waals surface area contributed by atoms with E-state index < -0.39 is 22.7 Å². The summed E-state index contributed by atoms with van der Waals surface area (Å²) in [4.78, 5) is 41.2. The van der Waals surface area contributed by atoms with Gasteiger partial charge in [-0.3, -0.25) is 24.7 Å². The Morgan fingerprint density at radius 1 is 1.38 bits per heavy atom. The zero-order valence-corrected chi connectivity index (χ0v) is 17.4. The molecule has 1 aromatic carbocycles. The van der Waals surface area contributed by atoms with E-state index in [0.717, 1.165) is 0 Å². The third kappa shape index (κ3) is 4.24. The third-order valence-electron chi connectivity index (χ3n) is 5.17. The Balaban J connectivity index is 2.16. The summed E-state index contributed by atoms with van der Waals surface area (Å²) in [6.45, 7) is 5.81. The predicted octanol–water partition coefficient (Wildman–Crippen LogP) is 4.63. The van der Waals surface area contributed by atoms with E-state index in [0.29, 0.717) is 41.8 Å². The number of hydrogen-bond acceptors (Lipinski definition) is 6. The normalized spacial score (nSPS) is 21.7. The van der Waals surface area contributed by atoms with Crippen molar-refractivity contribution in [3.05, 3.63) is 50.2 Å². The highest BCUT2D eigenvalue weighted by atomic mass is 35.5. The van der Waals surface area contributed by atoms with Gasteiger partial charge in [0, 0.05) is 46.5 Å². The summed E-state index contributed by atoms with van der Waals surface area (Å²) in [5.41, 5.74) is 1.82. The topological polar surface area (TPSA) is 98.9 Å². The number of rotatable bonds is 5. The van der Waals surface area contributed by atoms with Crippen molar-refractivity contribution in [1.29, 1.82) is 0 Å². The van der Waals surface area contributed by atoms with Crippen LogP contribution in [0.1, 0.15) is 51.5 Å². The lowest BCUT2D eigenvalue weighted by Gasteiger charge is -2.34. The van der Waals surface area contributed by atoms with Gasteiger partial charge in [0.1, 0.15) is 5.92 Å². The van der Waals surface area contributed by atoms with E-state index in [1.807, 2.05) is 13.8 Å². The number of ketones is 1. The standard InChI is InChI=1S/C21H23ClN2O5/c1-11(2)10-29-21(26)18-12(3)23-16-5-4-6-17(25)20(16)19(18)14-9-13(24(27)28)7-8-15(14)22/h7-9,11,18-19H,4-6,10H2,1-3H3/t18?,19-/m0/s1. The van der Waals surface area contributed by atoms with Gasteiger partial charge in [0.25, 0.3) is 5.69 Å². The average Bonchev–Trinajstić information content (AvgIpc) is 2.65. The summed E-state index contributed by atoms with van der Waals surface area (Å²) < 4.78 is 5.47. The first-order valence-electron chi connectivity index (χ1n) is 9.62. The predicted molar refractivity (Wildman–Crippen MR) is 109 cm³/mol. The van der Waals surface area contributed by atoms with Gasteiger partial charge in [-0.2, -0.15) is 0 Å². The summed E-state index contributed by atoms with van der Waals surface area (Å²) in [6.07, 6.45) is 1.66. The molecule has 0 aromatic heterocycles. The van der Waals surface area contributed by atoms with Crippen molar-refractivity contribution in [2.75, 3.05) is 6.61 Å². The van der Waals surface area contributed by atoms with Crippen LogP contribution in [0, 0.1) is 22.0 Å². The highest BCUT2D eigenvalue weighted by molar-refractivity contribution is 6.31. The van der Waals surface area contributed by atoms with E-state index in [4.69, 9.17) is 16.3 Å². The Bertz CT molecular complexity index is 935. The van der Waals surface area contributed by atoms with Crippen molar-refractivity contribution in [3.63, 3.8) is 0 Å². The highest BCUT2D eigenvalue weighted by Gasteiger charge is 2.44. The fourth-order valence-corrected chi connectivity index (χ4v) is 4.10. The summed E-state index contributed by atoms with van der Waals surface area (Å²) in [7, 11) is 0. The summed E-state index contributed by atoms with van der Waals surface area (Å²) in [6, 6.07) is 4.08. The second kappa shape index (κ2) is 8.45. The van der Waals surface area contributed by atoms with Crippen LogP contribution in [0.2, 0.25) is 5.02 Å². The maximum Gasteiger partial charge on any atom is 0.315 e. The molecule has 0 spiro atoms. The van der Waals surface area contributed by atoms with Crippen LogP contribution in [0.25, 0.3) is 0 Å². The molecule has 7 nitrogen and oxygen atoms in total. The largest absolute Gasteiger partial charge is 0.465 e. The maximum absolute atomic E-state index is 13.0. The van der Waals surface area contributed by atoms with Gasteiger partial charge in [0.2, 0.25) is 0 Å². The first-order chi connectivity index (χ1) is 13.7. The Kier molecular flexibility index (Phi) is 6.17. The van der Waals surface area contributed by atoms with Gasteiger partial charge in [-0.05, 0) is 37.3 Å². The lowest BCUT2D eigenvalue weighted by atomic mass is 9.71. The number of Topliss-reactive ketones (excluding diaryl/α,β-unsaturated/α-hetero) is 1. The molecule has 154 valence electrons. The Morgan fingerprint density at radius 3 is 2.76 bits per heavy atom. The molecule has 29 heavy (non-hydrogen) atoms. The van der Waals surface area contributed by atoms with Crippen LogP contribution in [-0.2, 0) is 14.3 Å². The van der Waals surface area contributed by atoms with E-state index in [9.17, 15) is 19.7 Å². The molecule has 2 aliphatic rings. The molecule has 2 atom stereocenters. The number of carbonyl (C=O) groups excluding carboxylic acids is 2. The average molecular weight is 419 g/mol. The van der Waals surface area contributed by atoms with Crippen LogP contribution in [0.3, 0.4) is 0 Å². The molecule has 1 unspecified atom stereocenters. The number of nitro groups is 1. The Labute approximate surface area is 173 Å². The molecule has 1 aromatic rings. The van der Waals surface area contributed by atoms with Crippen LogP contribution in [0.15, 0.2) is 34.5 Å². The molecule has 1 aliphatic carbocycles. The van der Waals surface area contributed by atoms with Crippen molar-refractivity contribution in [2.24, 2.45) is 16.8 Å². The number of carbonyl (C=O) groups is 2. The lowest BCUT2D eigenvalue weighted by molar-refractivity contribution is -0.384. The van der Waals surface area contributed by atoms with Crippen molar-refractivity contribution >= 4 is 34.8 Å². The summed E-state index contributed by atoms with van der Waals surface area (Å²) >= 11 is 6.41. The number of nitrogens with zero attached hydrogens (tertiary/aromatic N) is 2. The maximum atomic E-state index is 13.0. The molecular weight excluding hydrogens is 396 g/mol. The first kappa shape index (κ1) is 21.2. The van der Waals surface area contributed by atoms with Gasteiger partial charge in [0.15, 0.2) is 5.78 Å². The number of esters is 1. The number of halogens is 1. The lowest BCUT2D eigenvalue weighted by Crippen LogP contribution is -2.37. The smallest absolute Gasteiger partial charge is 0.315 e. The third-order valence-corrected chi connectivity index (χ3v) is 5.52. The van der Waals surface area contributed by atoms with Gasteiger partial charge in [-0.1, -0.05) is 25.4 Å². The molecule has 1 heterocycles. The van der Waals surface area contributed by atoms with Crippen molar-refractivity contribution in [1.82, 2.24) is 0 Å². The van der Waals surface area contributed by atoms with Crippen LogP contribution in [0.4, 0.5) is 5.69 Å². The number of benzene rings is 1. The molecule has 0 N–H and O–H groups in total. The monoisotopic (exact) mass is 418 g/mol. The van der Waals surface area contributed by atoms with E-state index in [2.05, 4.69) is 4.99 Å². The van der Waals surface area contributed by atoms with Gasteiger partial charge >= 0.3 is 5.97 Å². The SMILES string of the molecule is CC1=NC2=C(C(=O)CCC2)[C@@H](c2cc([N+](=O)[O-])ccc2Cl)C1C(=O)OCC(C)C. The van der Waals surface area contributed by atoms with E-state index in [1.54, 1.807) is 6.92 Å². The van der Waals surface area contributed by atoms with Crippen LogP contribution in [0.5, 0.6) is 0 Å². The molecule has 0 saturated carbocycles. The van der Waals surface area contributed by atoms with Crippen LogP contribution < -0.4 is 0 Å². The van der Waals surface area contributed by atoms with Crippen molar-refractivity contribution in [3.8, 4) is 0 Å². The minimum Gasteiger partial charge on any atom is -0.465 e. The number of allylic oxidation sites excluding steroid dienone is 2. The molecule has 0 amide bonds. The van der Waals surface area contributed by atoms with Gasteiger partial charge in [-0.15, -0.1) is 0 Å². The van der Waals surface area contributed by atoms with Gasteiger partial charge < -0.3 is 4.74 Å². The minimum absolute atomic E-state index is 0.100. The second-order valence-electron chi connectivity index (χ2n) is 7.83. The fourth-order valence-electron chi connectivity index (χ4n) is 3.87. The molecule has 8 heteroatoms. The molecule has 0 saturated heterocycles. The minimum atomic E-state index is -0.853. The second-order valence-corrected chi connectivity index (χ2v) is 8.24. The molecule has 0 bridgehead atoms. The molecule has 1 aliphatic heterocycles. The fraction of sp³-hybridized carbons (Fsp3) is 0.476. The number of non-ortho nitro benzene ring substituents is 1. The van der Waals surface area contributed by atoms with E-state index >= 15 is 0 Å². The zero-order chi connectivity index (χ0) is 21.3. The zero-order valence-electron chi connectivity index (χ0n) is 16.6. The Morgan fingerprint density at radius 2 is 2.10 bits per heavy atom. The Hall–Kier alpha value is -2.54. The quantitative estimate of drug-likeness (QED) is 0.394. The molecule has 0 fully saturated rings. The van der Waals surface area contributed by atoms with E-state index in [1.165, 1.54) is 18.2 Å². The van der Waals surface area contributed by atoms with Crippen molar-refractivity contribution in [2.45, 2.75) is 46.0 Å². The van der Waals surface area contributed by atoms with Crippen LogP contribution in [-0.4, -0.2) is 29.0 Å². The summed E-state index contributed by atoms with van der Waals surface area (Å²) in [5.74, 6) is -2.06. The van der Waals surface area contributed by atoms with Gasteiger partial charge in [-0.25, -0.2) is 0 Å². The first-order valence-corrected chi connectivity index (χ1v) is 10.0.